The lowest BCUT2D eigenvalue weighted by Crippen LogP contribution is -2.54. The van der Waals surface area contributed by atoms with E-state index in [1.54, 1.807) is 6.92 Å². The van der Waals surface area contributed by atoms with Crippen LogP contribution in [0.2, 0.25) is 0 Å². The molecule has 19 heavy (non-hydrogen) atoms. The van der Waals surface area contributed by atoms with Crippen molar-refractivity contribution in [3.8, 4) is 0 Å². The molecule has 0 aromatic heterocycles. The maximum absolute atomic E-state index is 11.8. The standard InChI is InChI=1S/C15H25N3O/c1-6-15(5,16)18-13(19)17-12-9-7-11(8-10-12)14(2,3)4/h7-10H,6,16H2,1-5H3,(H2,17,18,19). The van der Waals surface area contributed by atoms with E-state index < -0.39 is 5.66 Å². The number of carbonyl (C=O) groups excluding carboxylic acids is 1. The first-order valence-corrected chi connectivity index (χ1v) is 6.62. The Morgan fingerprint density at radius 2 is 1.68 bits per heavy atom. The summed E-state index contributed by atoms with van der Waals surface area (Å²) in [4.78, 5) is 11.8. The molecule has 0 spiro atoms. The lowest BCUT2D eigenvalue weighted by atomic mass is 9.87. The molecular formula is C15H25N3O. The molecule has 0 aliphatic rings. The van der Waals surface area contributed by atoms with E-state index in [0.29, 0.717) is 6.42 Å². The molecule has 0 saturated carbocycles. The van der Waals surface area contributed by atoms with Crippen LogP contribution in [0.5, 0.6) is 0 Å². The summed E-state index contributed by atoms with van der Waals surface area (Å²) in [5.74, 6) is 0. The van der Waals surface area contributed by atoms with E-state index >= 15 is 0 Å². The minimum Gasteiger partial charge on any atom is -0.320 e. The Kier molecular flexibility index (Phi) is 4.58. The van der Waals surface area contributed by atoms with Gasteiger partial charge in [-0.3, -0.25) is 0 Å². The molecule has 4 nitrogen and oxygen atoms in total. The smallest absolute Gasteiger partial charge is 0.320 e. The second-order valence-corrected chi connectivity index (χ2v) is 6.18. The molecule has 4 N–H and O–H groups in total. The van der Waals surface area contributed by atoms with Crippen molar-refractivity contribution >= 4 is 11.7 Å². The van der Waals surface area contributed by atoms with Gasteiger partial charge in [0.05, 0.1) is 5.66 Å². The van der Waals surface area contributed by atoms with Gasteiger partial charge in [-0.25, -0.2) is 4.79 Å². The first kappa shape index (κ1) is 15.5. The van der Waals surface area contributed by atoms with Gasteiger partial charge in [0.15, 0.2) is 0 Å². The van der Waals surface area contributed by atoms with Crippen LogP contribution in [0, 0.1) is 0 Å². The highest BCUT2D eigenvalue weighted by Gasteiger charge is 2.18. The van der Waals surface area contributed by atoms with E-state index in [4.69, 9.17) is 5.73 Å². The van der Waals surface area contributed by atoms with Crippen molar-refractivity contribution in [1.29, 1.82) is 0 Å². The van der Waals surface area contributed by atoms with E-state index in [0.717, 1.165) is 5.69 Å². The normalized spacial score (nSPS) is 14.6. The Balaban J connectivity index is 2.66. The van der Waals surface area contributed by atoms with Crippen molar-refractivity contribution in [2.45, 2.75) is 52.1 Å². The number of urea groups is 1. The van der Waals surface area contributed by atoms with Crippen molar-refractivity contribution in [3.05, 3.63) is 29.8 Å². The summed E-state index contributed by atoms with van der Waals surface area (Å²) < 4.78 is 0. The predicted molar refractivity (Wildman–Crippen MR) is 80.2 cm³/mol. The average molecular weight is 263 g/mol. The zero-order valence-corrected chi connectivity index (χ0v) is 12.5. The molecule has 0 radical (unpaired) electrons. The number of amides is 2. The maximum Gasteiger partial charge on any atom is 0.320 e. The average Bonchev–Trinajstić information content (AvgIpc) is 2.27. The molecule has 1 aromatic rings. The van der Waals surface area contributed by atoms with Crippen LogP contribution in [0.3, 0.4) is 0 Å². The monoisotopic (exact) mass is 263 g/mol. The van der Waals surface area contributed by atoms with E-state index in [9.17, 15) is 4.79 Å². The molecule has 1 rings (SSSR count). The molecule has 4 heteroatoms. The number of nitrogens with two attached hydrogens (primary N) is 1. The van der Waals surface area contributed by atoms with Crippen LogP contribution in [-0.2, 0) is 5.41 Å². The van der Waals surface area contributed by atoms with Crippen LogP contribution in [0.25, 0.3) is 0 Å². The Hall–Kier alpha value is -1.55. The summed E-state index contributed by atoms with van der Waals surface area (Å²) >= 11 is 0. The van der Waals surface area contributed by atoms with E-state index in [-0.39, 0.29) is 11.4 Å². The molecule has 0 aliphatic carbocycles. The fourth-order valence-electron chi connectivity index (χ4n) is 1.56. The molecule has 106 valence electrons. The Morgan fingerprint density at radius 1 is 1.16 bits per heavy atom. The second kappa shape index (κ2) is 5.61. The van der Waals surface area contributed by atoms with E-state index in [2.05, 4.69) is 31.4 Å². The van der Waals surface area contributed by atoms with E-state index in [1.165, 1.54) is 5.56 Å². The van der Waals surface area contributed by atoms with Crippen molar-refractivity contribution in [3.63, 3.8) is 0 Å². The van der Waals surface area contributed by atoms with Gasteiger partial charge in [0, 0.05) is 5.69 Å². The molecule has 1 unspecified atom stereocenters. The maximum atomic E-state index is 11.8. The lowest BCUT2D eigenvalue weighted by molar-refractivity contribution is 0.238. The number of carbonyl (C=O) groups is 1. The van der Waals surface area contributed by atoms with Gasteiger partial charge in [0.25, 0.3) is 0 Å². The SMILES string of the molecule is CCC(C)(N)NC(=O)Nc1ccc(C(C)(C)C)cc1. The summed E-state index contributed by atoms with van der Waals surface area (Å²) in [5.41, 5.74) is 7.30. The van der Waals surface area contributed by atoms with Crippen molar-refractivity contribution in [2.24, 2.45) is 5.73 Å². The highest BCUT2D eigenvalue weighted by Crippen LogP contribution is 2.23. The van der Waals surface area contributed by atoms with Gasteiger partial charge in [0.2, 0.25) is 0 Å². The van der Waals surface area contributed by atoms with Crippen molar-refractivity contribution < 1.29 is 4.79 Å². The molecular weight excluding hydrogens is 238 g/mol. The lowest BCUT2D eigenvalue weighted by Gasteiger charge is -2.24. The number of anilines is 1. The minimum absolute atomic E-state index is 0.110. The molecule has 0 fully saturated rings. The number of hydrogen-bond donors (Lipinski definition) is 3. The fourth-order valence-corrected chi connectivity index (χ4v) is 1.56. The molecule has 2 amide bonds. The number of hydrogen-bond acceptors (Lipinski definition) is 2. The zero-order chi connectivity index (χ0) is 14.7. The van der Waals surface area contributed by atoms with Crippen molar-refractivity contribution in [2.75, 3.05) is 5.32 Å². The molecule has 1 atom stereocenters. The summed E-state index contributed by atoms with van der Waals surface area (Å²) in [6, 6.07) is 7.57. The van der Waals surface area contributed by atoms with Gasteiger partial charge in [-0.15, -0.1) is 0 Å². The first-order chi connectivity index (χ1) is 8.64. The quantitative estimate of drug-likeness (QED) is 0.733. The van der Waals surface area contributed by atoms with Gasteiger partial charge in [-0.2, -0.15) is 0 Å². The van der Waals surface area contributed by atoms with Crippen molar-refractivity contribution in [1.82, 2.24) is 5.32 Å². The summed E-state index contributed by atoms with van der Waals surface area (Å²) in [6.45, 7) is 10.2. The van der Waals surface area contributed by atoms with Crippen LogP contribution in [0.4, 0.5) is 10.5 Å². The van der Waals surface area contributed by atoms with Gasteiger partial charge in [-0.05, 0) is 36.5 Å². The topological polar surface area (TPSA) is 67.1 Å². The van der Waals surface area contributed by atoms with Gasteiger partial charge >= 0.3 is 6.03 Å². The van der Waals surface area contributed by atoms with Crippen LogP contribution >= 0.6 is 0 Å². The van der Waals surface area contributed by atoms with Gasteiger partial charge in [-0.1, -0.05) is 39.8 Å². The van der Waals surface area contributed by atoms with Crippen LogP contribution in [0.15, 0.2) is 24.3 Å². The highest BCUT2D eigenvalue weighted by atomic mass is 16.2. The summed E-state index contributed by atoms with van der Waals surface area (Å²) in [6.07, 6.45) is 0.670. The molecule has 0 saturated heterocycles. The Labute approximate surface area is 115 Å². The number of nitrogens with one attached hydrogen (secondary N) is 2. The molecule has 0 aliphatic heterocycles. The van der Waals surface area contributed by atoms with E-state index in [1.807, 2.05) is 31.2 Å². The van der Waals surface area contributed by atoms with Gasteiger partial charge in [0.1, 0.15) is 0 Å². The number of rotatable bonds is 3. The fraction of sp³-hybridized carbons (Fsp3) is 0.533. The van der Waals surface area contributed by atoms with Crippen LogP contribution in [0.1, 0.15) is 46.6 Å². The Morgan fingerprint density at radius 3 is 2.11 bits per heavy atom. The van der Waals surface area contributed by atoms with Gasteiger partial charge < -0.3 is 16.4 Å². The third-order valence-electron chi connectivity index (χ3n) is 3.14. The number of benzene rings is 1. The third kappa shape index (κ3) is 4.91. The summed E-state index contributed by atoms with van der Waals surface area (Å²) in [5, 5.41) is 5.51. The minimum atomic E-state index is -0.685. The third-order valence-corrected chi connectivity index (χ3v) is 3.14. The van der Waals surface area contributed by atoms with Crippen LogP contribution in [-0.4, -0.2) is 11.7 Å². The molecule has 0 heterocycles. The van der Waals surface area contributed by atoms with Crippen LogP contribution < -0.4 is 16.4 Å². The summed E-state index contributed by atoms with van der Waals surface area (Å²) in [7, 11) is 0. The second-order valence-electron chi connectivity index (χ2n) is 6.18. The molecule has 0 bridgehead atoms. The predicted octanol–water partition coefficient (Wildman–Crippen LogP) is 3.19. The highest BCUT2D eigenvalue weighted by molar-refractivity contribution is 5.89. The first-order valence-electron chi connectivity index (χ1n) is 6.62. The zero-order valence-electron chi connectivity index (χ0n) is 12.5. The molecule has 1 aromatic carbocycles. The largest absolute Gasteiger partial charge is 0.320 e. The Bertz CT molecular complexity index is 430.